The van der Waals surface area contributed by atoms with Gasteiger partial charge in [0, 0.05) is 11.5 Å². The highest BCUT2D eigenvalue weighted by molar-refractivity contribution is 7.98. The van der Waals surface area contributed by atoms with Crippen LogP contribution in [0.4, 0.5) is 0 Å². The van der Waals surface area contributed by atoms with E-state index in [2.05, 4.69) is 4.98 Å². The maximum absolute atomic E-state index is 10.1. The molecule has 118 valence electrons. The van der Waals surface area contributed by atoms with Gasteiger partial charge in [-0.25, -0.2) is 4.98 Å². The van der Waals surface area contributed by atoms with E-state index in [-0.39, 0.29) is 0 Å². The van der Waals surface area contributed by atoms with E-state index < -0.39 is 6.10 Å². The standard InChI is InChI=1S/C18H16ClNO2S/c19-16-9-5-4-8-15(16)18-20-14(10-22-18)11-23-12-17(21)13-6-2-1-3-7-13/h1-10,17,21H,11-12H2. The molecule has 0 aliphatic heterocycles. The van der Waals surface area contributed by atoms with Gasteiger partial charge in [0.2, 0.25) is 5.89 Å². The molecule has 2 aromatic carbocycles. The third-order valence-corrected chi connectivity index (χ3v) is 4.75. The van der Waals surface area contributed by atoms with Gasteiger partial charge in [0.15, 0.2) is 0 Å². The van der Waals surface area contributed by atoms with Crippen molar-refractivity contribution < 1.29 is 9.52 Å². The van der Waals surface area contributed by atoms with Gasteiger partial charge in [-0.15, -0.1) is 0 Å². The van der Waals surface area contributed by atoms with Crippen molar-refractivity contribution in [2.24, 2.45) is 0 Å². The van der Waals surface area contributed by atoms with E-state index in [0.29, 0.717) is 22.4 Å². The molecule has 0 saturated carbocycles. The van der Waals surface area contributed by atoms with E-state index in [1.807, 2.05) is 54.6 Å². The average molecular weight is 346 g/mol. The van der Waals surface area contributed by atoms with Crippen LogP contribution in [0.3, 0.4) is 0 Å². The molecule has 1 unspecified atom stereocenters. The molecule has 0 aliphatic carbocycles. The van der Waals surface area contributed by atoms with E-state index >= 15 is 0 Å². The van der Waals surface area contributed by atoms with Crippen LogP contribution in [0, 0.1) is 0 Å². The zero-order valence-electron chi connectivity index (χ0n) is 12.4. The van der Waals surface area contributed by atoms with Crippen LogP contribution in [0.2, 0.25) is 5.02 Å². The van der Waals surface area contributed by atoms with Crippen molar-refractivity contribution in [3.8, 4) is 11.5 Å². The Bertz CT molecular complexity index is 760. The fourth-order valence-electron chi connectivity index (χ4n) is 2.18. The van der Waals surface area contributed by atoms with Crippen LogP contribution in [0.25, 0.3) is 11.5 Å². The third kappa shape index (κ3) is 4.16. The number of oxazole rings is 1. The van der Waals surface area contributed by atoms with Gasteiger partial charge in [-0.05, 0) is 17.7 Å². The summed E-state index contributed by atoms with van der Waals surface area (Å²) in [7, 11) is 0. The number of benzene rings is 2. The lowest BCUT2D eigenvalue weighted by Gasteiger charge is -2.09. The molecule has 0 aliphatic rings. The molecule has 1 atom stereocenters. The van der Waals surface area contributed by atoms with Gasteiger partial charge < -0.3 is 9.52 Å². The van der Waals surface area contributed by atoms with Gasteiger partial charge in [0.25, 0.3) is 0 Å². The molecule has 0 bridgehead atoms. The first-order chi connectivity index (χ1) is 11.2. The maximum Gasteiger partial charge on any atom is 0.227 e. The lowest BCUT2D eigenvalue weighted by Crippen LogP contribution is -2.00. The highest BCUT2D eigenvalue weighted by atomic mass is 35.5. The normalized spacial score (nSPS) is 12.3. The third-order valence-electron chi connectivity index (χ3n) is 3.37. The zero-order valence-corrected chi connectivity index (χ0v) is 13.9. The van der Waals surface area contributed by atoms with Crippen LogP contribution in [0.15, 0.2) is 65.3 Å². The van der Waals surface area contributed by atoms with Crippen LogP contribution >= 0.6 is 23.4 Å². The Balaban J connectivity index is 1.57. The Labute approximate surface area is 144 Å². The van der Waals surface area contributed by atoms with Gasteiger partial charge in [0.1, 0.15) is 6.26 Å². The number of aliphatic hydroxyl groups is 1. The molecule has 5 heteroatoms. The first kappa shape index (κ1) is 16.1. The number of aliphatic hydroxyl groups excluding tert-OH is 1. The predicted molar refractivity (Wildman–Crippen MR) is 94.5 cm³/mol. The molecule has 0 fully saturated rings. The Hall–Kier alpha value is -1.75. The molecule has 0 radical (unpaired) electrons. The SMILES string of the molecule is OC(CSCc1coc(-c2ccccc2Cl)n1)c1ccccc1. The Morgan fingerprint density at radius 3 is 2.61 bits per heavy atom. The highest BCUT2D eigenvalue weighted by Crippen LogP contribution is 2.28. The van der Waals surface area contributed by atoms with E-state index in [1.54, 1.807) is 18.0 Å². The van der Waals surface area contributed by atoms with Crippen LogP contribution in [-0.2, 0) is 5.75 Å². The number of nitrogens with zero attached hydrogens (tertiary/aromatic N) is 1. The Kier molecular flexibility index (Phi) is 5.39. The molecule has 0 saturated heterocycles. The first-order valence-electron chi connectivity index (χ1n) is 7.24. The summed E-state index contributed by atoms with van der Waals surface area (Å²) in [5, 5.41) is 10.8. The number of halogens is 1. The van der Waals surface area contributed by atoms with Crippen LogP contribution in [0.5, 0.6) is 0 Å². The number of hydrogen-bond donors (Lipinski definition) is 1. The molecule has 23 heavy (non-hydrogen) atoms. The molecule has 0 amide bonds. The molecular formula is C18H16ClNO2S. The van der Waals surface area contributed by atoms with E-state index in [1.165, 1.54) is 0 Å². The molecule has 3 aromatic rings. The van der Waals surface area contributed by atoms with Gasteiger partial charge in [-0.2, -0.15) is 11.8 Å². The van der Waals surface area contributed by atoms with Crippen molar-refractivity contribution in [1.82, 2.24) is 4.98 Å². The number of thioether (sulfide) groups is 1. The van der Waals surface area contributed by atoms with Crippen molar-refractivity contribution in [3.05, 3.63) is 77.1 Å². The molecule has 3 nitrogen and oxygen atoms in total. The summed E-state index contributed by atoms with van der Waals surface area (Å²) in [4.78, 5) is 4.46. The van der Waals surface area contributed by atoms with Gasteiger partial charge in [-0.1, -0.05) is 54.1 Å². The molecule has 3 rings (SSSR count). The summed E-state index contributed by atoms with van der Waals surface area (Å²) in [5.74, 6) is 1.81. The van der Waals surface area contributed by atoms with Gasteiger partial charge in [0.05, 0.1) is 22.4 Å². The summed E-state index contributed by atoms with van der Waals surface area (Å²) < 4.78 is 5.50. The zero-order chi connectivity index (χ0) is 16.1. The molecule has 1 aromatic heterocycles. The fraction of sp³-hybridized carbons (Fsp3) is 0.167. The van der Waals surface area contributed by atoms with Gasteiger partial charge in [-0.3, -0.25) is 0 Å². The minimum atomic E-state index is -0.476. The van der Waals surface area contributed by atoms with Crippen LogP contribution < -0.4 is 0 Å². The van der Waals surface area contributed by atoms with Crippen molar-refractivity contribution in [1.29, 1.82) is 0 Å². The van der Waals surface area contributed by atoms with E-state index in [4.69, 9.17) is 16.0 Å². The van der Waals surface area contributed by atoms with E-state index in [9.17, 15) is 5.11 Å². The Morgan fingerprint density at radius 2 is 1.83 bits per heavy atom. The summed E-state index contributed by atoms with van der Waals surface area (Å²) in [5.41, 5.74) is 2.55. The highest BCUT2D eigenvalue weighted by Gasteiger charge is 2.11. The minimum Gasteiger partial charge on any atom is -0.444 e. The summed E-state index contributed by atoms with van der Waals surface area (Å²) in [6, 6.07) is 17.1. The first-order valence-corrected chi connectivity index (χ1v) is 8.77. The smallest absolute Gasteiger partial charge is 0.227 e. The van der Waals surface area contributed by atoms with Crippen LogP contribution in [-0.4, -0.2) is 15.8 Å². The fourth-order valence-corrected chi connectivity index (χ4v) is 3.27. The lowest BCUT2D eigenvalue weighted by atomic mass is 10.1. The predicted octanol–water partition coefficient (Wildman–Crippen LogP) is 4.96. The van der Waals surface area contributed by atoms with E-state index in [0.717, 1.165) is 16.8 Å². The second-order valence-corrected chi connectivity index (χ2v) is 6.50. The number of hydrogen-bond acceptors (Lipinski definition) is 4. The number of aromatic nitrogens is 1. The topological polar surface area (TPSA) is 46.3 Å². The molecule has 0 spiro atoms. The number of rotatable bonds is 6. The quantitative estimate of drug-likeness (QED) is 0.685. The Morgan fingerprint density at radius 1 is 1.09 bits per heavy atom. The second-order valence-electron chi connectivity index (χ2n) is 5.07. The van der Waals surface area contributed by atoms with Crippen molar-refractivity contribution in [2.45, 2.75) is 11.9 Å². The van der Waals surface area contributed by atoms with Crippen LogP contribution in [0.1, 0.15) is 17.4 Å². The van der Waals surface area contributed by atoms with Crippen molar-refractivity contribution in [3.63, 3.8) is 0 Å². The summed E-state index contributed by atoms with van der Waals surface area (Å²) in [6.07, 6.45) is 1.16. The van der Waals surface area contributed by atoms with Gasteiger partial charge >= 0.3 is 0 Å². The summed E-state index contributed by atoms with van der Waals surface area (Å²) >= 11 is 7.76. The molecule has 1 heterocycles. The lowest BCUT2D eigenvalue weighted by molar-refractivity contribution is 0.204. The average Bonchev–Trinajstić information content (AvgIpc) is 3.04. The summed E-state index contributed by atoms with van der Waals surface area (Å²) in [6.45, 7) is 0. The second kappa shape index (κ2) is 7.68. The monoisotopic (exact) mass is 345 g/mol. The molecule has 1 N–H and O–H groups in total. The van der Waals surface area contributed by atoms with Crippen molar-refractivity contribution in [2.75, 3.05) is 5.75 Å². The van der Waals surface area contributed by atoms with Crippen molar-refractivity contribution >= 4 is 23.4 Å². The maximum atomic E-state index is 10.1. The minimum absolute atomic E-state index is 0.476. The molecular weight excluding hydrogens is 330 g/mol. The largest absolute Gasteiger partial charge is 0.444 e.